The van der Waals surface area contributed by atoms with Crippen LogP contribution in [0.1, 0.15) is 50.0 Å². The zero-order chi connectivity index (χ0) is 27.4. The third kappa shape index (κ3) is 6.46. The van der Waals surface area contributed by atoms with Crippen molar-refractivity contribution in [3.05, 3.63) is 92.7 Å². The summed E-state index contributed by atoms with van der Waals surface area (Å²) < 4.78 is 5.47. The van der Waals surface area contributed by atoms with Gasteiger partial charge in [-0.15, -0.1) is 11.3 Å². The van der Waals surface area contributed by atoms with Gasteiger partial charge in [-0.25, -0.2) is 5.01 Å². The van der Waals surface area contributed by atoms with E-state index in [1.54, 1.807) is 9.91 Å². The first-order valence-electron chi connectivity index (χ1n) is 13.6. The van der Waals surface area contributed by atoms with Gasteiger partial charge >= 0.3 is 0 Å². The molecule has 0 aliphatic carbocycles. The first-order valence-corrected chi connectivity index (χ1v) is 14.4. The average molecular weight is 545 g/mol. The molecule has 0 N–H and O–H groups in total. The molecule has 2 amide bonds. The summed E-state index contributed by atoms with van der Waals surface area (Å²) in [6.45, 7) is 10.5. The van der Waals surface area contributed by atoms with Crippen LogP contribution < -0.4 is 0 Å². The van der Waals surface area contributed by atoms with Crippen LogP contribution in [-0.2, 0) is 9.53 Å². The molecule has 1 saturated heterocycles. The van der Waals surface area contributed by atoms with E-state index in [0.29, 0.717) is 37.6 Å². The lowest BCUT2D eigenvalue weighted by atomic mass is 9.96. The van der Waals surface area contributed by atoms with E-state index in [4.69, 9.17) is 9.84 Å². The van der Waals surface area contributed by atoms with Crippen LogP contribution in [0.2, 0.25) is 0 Å². The number of nitrogens with zero attached hydrogens (tertiary/aromatic N) is 4. The summed E-state index contributed by atoms with van der Waals surface area (Å²) in [5.41, 5.74) is 6.55. The lowest BCUT2D eigenvalue weighted by Gasteiger charge is -2.31. The maximum absolute atomic E-state index is 13.9. The second-order valence-electron chi connectivity index (χ2n) is 10.4. The summed E-state index contributed by atoms with van der Waals surface area (Å²) in [7, 11) is 0. The van der Waals surface area contributed by atoms with Gasteiger partial charge < -0.3 is 9.64 Å². The van der Waals surface area contributed by atoms with Gasteiger partial charge in [-0.05, 0) is 60.5 Å². The highest BCUT2D eigenvalue weighted by Gasteiger charge is 2.35. The van der Waals surface area contributed by atoms with Crippen molar-refractivity contribution in [1.82, 2.24) is 14.8 Å². The quantitative estimate of drug-likeness (QED) is 0.408. The van der Waals surface area contributed by atoms with Crippen LogP contribution in [0.4, 0.5) is 0 Å². The summed E-state index contributed by atoms with van der Waals surface area (Å²) in [6, 6.07) is 18.1. The Kier molecular flexibility index (Phi) is 8.55. The van der Waals surface area contributed by atoms with Crippen molar-refractivity contribution in [3.63, 3.8) is 0 Å². The molecule has 8 heteroatoms. The molecule has 0 radical (unpaired) electrons. The Labute approximate surface area is 234 Å². The van der Waals surface area contributed by atoms with Crippen molar-refractivity contribution in [2.45, 2.75) is 33.2 Å². The molecular formula is C31H36N4O3S. The molecule has 39 heavy (non-hydrogen) atoms. The minimum Gasteiger partial charge on any atom is -0.379 e. The van der Waals surface area contributed by atoms with Gasteiger partial charge in [-0.3, -0.25) is 14.5 Å². The monoisotopic (exact) mass is 544 g/mol. The predicted molar refractivity (Wildman–Crippen MR) is 155 cm³/mol. The highest BCUT2D eigenvalue weighted by Crippen LogP contribution is 2.33. The largest absolute Gasteiger partial charge is 0.379 e. The minimum atomic E-state index is -0.215. The Morgan fingerprint density at radius 3 is 2.49 bits per heavy atom. The second-order valence-corrected chi connectivity index (χ2v) is 11.3. The fourth-order valence-electron chi connectivity index (χ4n) is 5.02. The molecule has 0 spiro atoms. The van der Waals surface area contributed by atoms with Crippen molar-refractivity contribution >= 4 is 28.9 Å². The van der Waals surface area contributed by atoms with Crippen molar-refractivity contribution in [2.24, 2.45) is 5.10 Å². The van der Waals surface area contributed by atoms with Gasteiger partial charge in [0.1, 0.15) is 6.54 Å². The Bertz CT molecular complexity index is 1330. The zero-order valence-corrected chi connectivity index (χ0v) is 23.7. The van der Waals surface area contributed by atoms with Crippen LogP contribution in [0.15, 0.2) is 65.1 Å². The topological polar surface area (TPSA) is 65.5 Å². The number of benzene rings is 2. The molecule has 2 aliphatic heterocycles. The molecule has 5 rings (SSSR count). The molecular weight excluding hydrogens is 508 g/mol. The molecule has 1 fully saturated rings. The van der Waals surface area contributed by atoms with Crippen LogP contribution in [0.25, 0.3) is 0 Å². The molecule has 0 bridgehead atoms. The van der Waals surface area contributed by atoms with Crippen molar-refractivity contribution < 1.29 is 14.3 Å². The summed E-state index contributed by atoms with van der Waals surface area (Å²) >= 11 is 1.40. The fraction of sp³-hybridized carbons (Fsp3) is 0.387. The highest BCUT2D eigenvalue weighted by atomic mass is 32.1. The number of ether oxygens (including phenoxy) is 1. The van der Waals surface area contributed by atoms with Crippen molar-refractivity contribution in [1.29, 1.82) is 0 Å². The third-order valence-electron chi connectivity index (χ3n) is 7.60. The van der Waals surface area contributed by atoms with Crippen LogP contribution in [0, 0.1) is 20.8 Å². The van der Waals surface area contributed by atoms with Gasteiger partial charge in [-0.2, -0.15) is 5.10 Å². The van der Waals surface area contributed by atoms with Crippen LogP contribution in [-0.4, -0.2) is 78.3 Å². The summed E-state index contributed by atoms with van der Waals surface area (Å²) in [5.74, 6) is -0.289. The Balaban J connectivity index is 1.40. The van der Waals surface area contributed by atoms with E-state index in [2.05, 4.69) is 68.1 Å². The lowest BCUT2D eigenvalue weighted by molar-refractivity contribution is -0.133. The number of thiophene rings is 1. The number of carbonyl (C=O) groups excluding carboxylic acids is 2. The van der Waals surface area contributed by atoms with Crippen LogP contribution in [0.3, 0.4) is 0 Å². The molecule has 3 aromatic rings. The van der Waals surface area contributed by atoms with E-state index in [9.17, 15) is 9.59 Å². The third-order valence-corrected chi connectivity index (χ3v) is 8.46. The van der Waals surface area contributed by atoms with Crippen LogP contribution >= 0.6 is 11.3 Å². The first-order chi connectivity index (χ1) is 18.9. The van der Waals surface area contributed by atoms with E-state index >= 15 is 0 Å². The standard InChI is InChI=1S/C31H36N4O3S/c1-22-6-9-25(10-7-22)28-20-27(26-11-8-23(2)24(3)19-26)32-35(28)30(36)21-34(31(37)29-5-4-18-39-29)13-12-33-14-16-38-17-15-33/h4-11,18-19,28H,12-17,20-21H2,1-3H3. The van der Waals surface area contributed by atoms with Crippen LogP contribution in [0.5, 0.6) is 0 Å². The van der Waals surface area contributed by atoms with Crippen molar-refractivity contribution in [3.8, 4) is 0 Å². The molecule has 0 saturated carbocycles. The van der Waals surface area contributed by atoms with E-state index in [-0.39, 0.29) is 24.4 Å². The molecule has 2 aromatic carbocycles. The fourth-order valence-corrected chi connectivity index (χ4v) is 5.71. The normalized spacial score (nSPS) is 17.8. The Morgan fingerprint density at radius 2 is 1.79 bits per heavy atom. The smallest absolute Gasteiger partial charge is 0.264 e. The number of hydrogen-bond donors (Lipinski definition) is 0. The summed E-state index contributed by atoms with van der Waals surface area (Å²) in [5, 5.41) is 8.37. The lowest BCUT2D eigenvalue weighted by Crippen LogP contribution is -2.46. The number of hydrogen-bond acceptors (Lipinski definition) is 6. The van der Waals surface area contributed by atoms with Gasteiger partial charge in [0.15, 0.2) is 0 Å². The van der Waals surface area contributed by atoms with Gasteiger partial charge in [0.25, 0.3) is 11.8 Å². The maximum atomic E-state index is 13.9. The zero-order valence-electron chi connectivity index (χ0n) is 22.9. The second kappa shape index (κ2) is 12.2. The van der Waals surface area contributed by atoms with E-state index in [0.717, 1.165) is 29.9 Å². The molecule has 3 heterocycles. The molecule has 7 nitrogen and oxygen atoms in total. The minimum absolute atomic E-state index is 0.0207. The summed E-state index contributed by atoms with van der Waals surface area (Å²) in [4.78, 5) is 32.0. The summed E-state index contributed by atoms with van der Waals surface area (Å²) in [6.07, 6.45) is 0.629. The number of carbonyl (C=O) groups is 2. The first kappa shape index (κ1) is 27.2. The Hall–Kier alpha value is -3.33. The van der Waals surface area contributed by atoms with Gasteiger partial charge in [0.2, 0.25) is 0 Å². The van der Waals surface area contributed by atoms with E-state index in [1.807, 2.05) is 17.5 Å². The number of rotatable bonds is 8. The van der Waals surface area contributed by atoms with E-state index < -0.39 is 0 Å². The van der Waals surface area contributed by atoms with Gasteiger partial charge in [-0.1, -0.05) is 48.0 Å². The SMILES string of the molecule is Cc1ccc(C2CC(c3ccc(C)c(C)c3)=NN2C(=O)CN(CCN2CCOCC2)C(=O)c2cccs2)cc1. The number of morpholine rings is 1. The molecule has 1 aromatic heterocycles. The highest BCUT2D eigenvalue weighted by molar-refractivity contribution is 7.12. The predicted octanol–water partition coefficient (Wildman–Crippen LogP) is 4.83. The van der Waals surface area contributed by atoms with E-state index in [1.165, 1.54) is 28.0 Å². The number of aryl methyl sites for hydroxylation is 3. The Morgan fingerprint density at radius 1 is 1.03 bits per heavy atom. The van der Waals surface area contributed by atoms with Gasteiger partial charge in [0.05, 0.1) is 29.8 Å². The molecule has 1 atom stereocenters. The molecule has 1 unspecified atom stereocenters. The molecule has 204 valence electrons. The van der Waals surface area contributed by atoms with Crippen molar-refractivity contribution in [2.75, 3.05) is 45.9 Å². The van der Waals surface area contributed by atoms with Gasteiger partial charge in [0, 0.05) is 32.6 Å². The average Bonchev–Trinajstić information content (AvgIpc) is 3.64. The number of amides is 2. The number of hydrazone groups is 1. The maximum Gasteiger partial charge on any atom is 0.264 e. The molecule has 2 aliphatic rings.